The van der Waals surface area contributed by atoms with Gasteiger partial charge in [-0.05, 0) is 12.8 Å². The Labute approximate surface area is 93.4 Å². The number of aromatic hydroxyl groups is 2. The first-order valence-electron chi connectivity index (χ1n) is 5.63. The summed E-state index contributed by atoms with van der Waals surface area (Å²) in [5.74, 6) is 0.153. The van der Waals surface area contributed by atoms with Crippen LogP contribution in [-0.4, -0.2) is 16.0 Å². The fourth-order valence-corrected chi connectivity index (χ4v) is 2.41. The molecule has 2 aliphatic rings. The predicted octanol–water partition coefficient (Wildman–Crippen LogP) is 2.53. The number of hydrogen-bond donors (Lipinski definition) is 2. The van der Waals surface area contributed by atoms with Crippen molar-refractivity contribution in [3.8, 4) is 23.0 Å². The summed E-state index contributed by atoms with van der Waals surface area (Å²) in [6.45, 7) is 0. The van der Waals surface area contributed by atoms with E-state index in [1.165, 1.54) is 18.6 Å². The van der Waals surface area contributed by atoms with Gasteiger partial charge >= 0.3 is 0 Å². The molecule has 1 saturated carbocycles. The quantitative estimate of drug-likeness (QED) is 0.662. The van der Waals surface area contributed by atoms with Crippen molar-refractivity contribution in [3.63, 3.8) is 0 Å². The highest BCUT2D eigenvalue weighted by molar-refractivity contribution is 5.54. The molecule has 0 unspecified atom stereocenters. The summed E-state index contributed by atoms with van der Waals surface area (Å²) < 4.78 is 11.6. The van der Waals surface area contributed by atoms with E-state index < -0.39 is 5.79 Å². The van der Waals surface area contributed by atoms with E-state index in [4.69, 9.17) is 9.47 Å². The van der Waals surface area contributed by atoms with Crippen molar-refractivity contribution in [2.45, 2.75) is 37.9 Å². The van der Waals surface area contributed by atoms with E-state index in [1.807, 2.05) is 0 Å². The zero-order chi connectivity index (χ0) is 11.2. The lowest BCUT2D eigenvalue weighted by Gasteiger charge is -2.31. The highest BCUT2D eigenvalue weighted by Gasteiger charge is 2.42. The van der Waals surface area contributed by atoms with Crippen molar-refractivity contribution in [1.29, 1.82) is 0 Å². The second-order valence-electron chi connectivity index (χ2n) is 4.46. The average molecular weight is 222 g/mol. The molecule has 1 aliphatic heterocycles. The fourth-order valence-electron chi connectivity index (χ4n) is 2.41. The van der Waals surface area contributed by atoms with E-state index in [0.29, 0.717) is 11.5 Å². The summed E-state index contributed by atoms with van der Waals surface area (Å²) in [5.41, 5.74) is 0. The van der Waals surface area contributed by atoms with Crippen LogP contribution in [0.3, 0.4) is 0 Å². The summed E-state index contributed by atoms with van der Waals surface area (Å²) in [6, 6.07) is 2.82. The Kier molecular flexibility index (Phi) is 1.93. The number of ether oxygens (including phenoxy) is 2. The van der Waals surface area contributed by atoms with Crippen LogP contribution in [0.5, 0.6) is 23.0 Å². The first kappa shape index (κ1) is 9.63. The van der Waals surface area contributed by atoms with E-state index in [0.717, 1.165) is 25.7 Å². The average Bonchev–Trinajstić information content (AvgIpc) is 2.57. The minimum Gasteiger partial charge on any atom is -0.504 e. The lowest BCUT2D eigenvalue weighted by Crippen LogP contribution is -2.40. The molecule has 86 valence electrons. The minimum absolute atomic E-state index is 0.171. The van der Waals surface area contributed by atoms with Gasteiger partial charge in [0.05, 0.1) is 0 Å². The van der Waals surface area contributed by atoms with Gasteiger partial charge in [-0.1, -0.05) is 6.42 Å². The Morgan fingerprint density at radius 3 is 1.88 bits per heavy atom. The summed E-state index contributed by atoms with van der Waals surface area (Å²) in [7, 11) is 0. The third kappa shape index (κ3) is 1.37. The van der Waals surface area contributed by atoms with Crippen molar-refractivity contribution >= 4 is 0 Å². The number of rotatable bonds is 0. The molecule has 1 spiro atoms. The van der Waals surface area contributed by atoms with Crippen LogP contribution in [0.4, 0.5) is 0 Å². The van der Waals surface area contributed by atoms with Gasteiger partial charge in [0.2, 0.25) is 0 Å². The van der Waals surface area contributed by atoms with E-state index in [1.54, 1.807) is 0 Å². The second-order valence-corrected chi connectivity index (χ2v) is 4.46. The second kappa shape index (κ2) is 3.20. The number of hydrogen-bond acceptors (Lipinski definition) is 4. The first-order valence-corrected chi connectivity index (χ1v) is 5.63. The third-order valence-corrected chi connectivity index (χ3v) is 3.25. The smallest absolute Gasteiger partial charge is 0.251 e. The Balaban J connectivity index is 1.93. The molecule has 1 aliphatic carbocycles. The topological polar surface area (TPSA) is 58.9 Å². The van der Waals surface area contributed by atoms with Crippen LogP contribution in [-0.2, 0) is 0 Å². The standard InChI is InChI=1S/C12H14O4/c13-8-6-10-11(7-9(8)14)16-12(15-10)4-2-1-3-5-12/h6-7,13-14H,1-5H2. The molecule has 4 nitrogen and oxygen atoms in total. The molecule has 1 heterocycles. The molecular formula is C12H14O4. The van der Waals surface area contributed by atoms with Gasteiger partial charge in [-0.3, -0.25) is 0 Å². The summed E-state index contributed by atoms with van der Waals surface area (Å²) in [5, 5.41) is 18.8. The lowest BCUT2D eigenvalue weighted by molar-refractivity contribution is -0.105. The maximum absolute atomic E-state index is 9.38. The number of fused-ring (bicyclic) bond motifs is 1. The number of phenols is 2. The van der Waals surface area contributed by atoms with Crippen molar-refractivity contribution in [1.82, 2.24) is 0 Å². The molecule has 1 aromatic rings. The Morgan fingerprint density at radius 2 is 1.38 bits per heavy atom. The maximum atomic E-state index is 9.38. The monoisotopic (exact) mass is 222 g/mol. The Morgan fingerprint density at radius 1 is 0.875 bits per heavy atom. The molecule has 0 bridgehead atoms. The predicted molar refractivity (Wildman–Crippen MR) is 56.8 cm³/mol. The van der Waals surface area contributed by atoms with Crippen LogP contribution in [0.15, 0.2) is 12.1 Å². The Bertz CT molecular complexity index is 388. The normalized spacial score (nSPS) is 21.2. The summed E-state index contributed by atoms with van der Waals surface area (Å²) >= 11 is 0. The summed E-state index contributed by atoms with van der Waals surface area (Å²) in [4.78, 5) is 0. The Hall–Kier alpha value is -1.58. The van der Waals surface area contributed by atoms with Gasteiger partial charge in [0, 0.05) is 25.0 Å². The third-order valence-electron chi connectivity index (χ3n) is 3.25. The van der Waals surface area contributed by atoms with Crippen molar-refractivity contribution in [2.24, 2.45) is 0 Å². The number of phenolic OH excluding ortho intramolecular Hbond substituents is 2. The molecule has 0 radical (unpaired) electrons. The molecule has 16 heavy (non-hydrogen) atoms. The van der Waals surface area contributed by atoms with Crippen molar-refractivity contribution in [2.75, 3.05) is 0 Å². The molecule has 0 amide bonds. The van der Waals surface area contributed by atoms with E-state index in [2.05, 4.69) is 0 Å². The van der Waals surface area contributed by atoms with Gasteiger partial charge in [-0.15, -0.1) is 0 Å². The molecule has 2 N–H and O–H groups in total. The van der Waals surface area contributed by atoms with Crippen LogP contribution in [0.2, 0.25) is 0 Å². The van der Waals surface area contributed by atoms with Crippen LogP contribution >= 0.6 is 0 Å². The maximum Gasteiger partial charge on any atom is 0.251 e. The lowest BCUT2D eigenvalue weighted by atomic mass is 9.94. The van der Waals surface area contributed by atoms with E-state index in [-0.39, 0.29) is 11.5 Å². The van der Waals surface area contributed by atoms with Gasteiger partial charge in [0.15, 0.2) is 23.0 Å². The van der Waals surface area contributed by atoms with Crippen LogP contribution in [0, 0.1) is 0 Å². The first-order chi connectivity index (χ1) is 7.69. The van der Waals surface area contributed by atoms with Gasteiger partial charge in [0.1, 0.15) is 0 Å². The van der Waals surface area contributed by atoms with Gasteiger partial charge in [-0.2, -0.15) is 0 Å². The van der Waals surface area contributed by atoms with E-state index >= 15 is 0 Å². The minimum atomic E-state index is -0.555. The van der Waals surface area contributed by atoms with Crippen molar-refractivity contribution in [3.05, 3.63) is 12.1 Å². The zero-order valence-corrected chi connectivity index (χ0v) is 8.90. The van der Waals surface area contributed by atoms with Gasteiger partial charge in [-0.25, -0.2) is 0 Å². The largest absolute Gasteiger partial charge is 0.504 e. The molecule has 1 fully saturated rings. The van der Waals surface area contributed by atoms with Crippen LogP contribution in [0.25, 0.3) is 0 Å². The molecule has 3 rings (SSSR count). The van der Waals surface area contributed by atoms with Gasteiger partial charge in [0.25, 0.3) is 5.79 Å². The SMILES string of the molecule is Oc1cc2c(cc1O)OC1(CCCCC1)O2. The van der Waals surface area contributed by atoms with Crippen LogP contribution in [0.1, 0.15) is 32.1 Å². The molecular weight excluding hydrogens is 208 g/mol. The molecule has 0 aromatic heterocycles. The van der Waals surface area contributed by atoms with E-state index in [9.17, 15) is 10.2 Å². The van der Waals surface area contributed by atoms with Crippen molar-refractivity contribution < 1.29 is 19.7 Å². The zero-order valence-electron chi connectivity index (χ0n) is 8.90. The summed E-state index contributed by atoms with van der Waals surface area (Å²) in [6.07, 6.45) is 5.12. The molecule has 4 heteroatoms. The fraction of sp³-hybridized carbons (Fsp3) is 0.500. The number of benzene rings is 1. The van der Waals surface area contributed by atoms with Gasteiger partial charge < -0.3 is 19.7 Å². The molecule has 0 atom stereocenters. The molecule has 0 saturated heterocycles. The van der Waals surface area contributed by atoms with Crippen LogP contribution < -0.4 is 9.47 Å². The highest BCUT2D eigenvalue weighted by Crippen LogP contribution is 2.49. The molecule has 1 aromatic carbocycles. The highest BCUT2D eigenvalue weighted by atomic mass is 16.7.